The molecule has 1 aromatic carbocycles. The molecule has 0 radical (unpaired) electrons. The number of amides is 1. The standard InChI is InChI=1S/C21H27N3O3/c1-4-19-16(10-22-24(19)11-14(2)3)20(25)23-12-17(18(13-23)21(26)27)15-8-6-5-7-9-15/h5-10,14,17-18H,4,11-13H2,1-3H3,(H,26,27)/t17-,18-/m0/s1. The van der Waals surface area contributed by atoms with Crippen LogP contribution in [0.4, 0.5) is 0 Å². The molecule has 0 aliphatic carbocycles. The van der Waals surface area contributed by atoms with E-state index < -0.39 is 11.9 Å². The maximum atomic E-state index is 13.2. The molecule has 6 nitrogen and oxygen atoms in total. The first-order chi connectivity index (χ1) is 12.9. The number of nitrogens with zero attached hydrogens (tertiary/aromatic N) is 3. The second kappa shape index (κ2) is 7.94. The molecular weight excluding hydrogens is 342 g/mol. The van der Waals surface area contributed by atoms with Gasteiger partial charge < -0.3 is 10.0 Å². The summed E-state index contributed by atoms with van der Waals surface area (Å²) in [5.74, 6) is -1.32. The Hall–Kier alpha value is -2.63. The molecular formula is C21H27N3O3. The van der Waals surface area contributed by atoms with Crippen LogP contribution in [0.2, 0.25) is 0 Å². The summed E-state index contributed by atoms with van der Waals surface area (Å²) in [4.78, 5) is 26.6. The van der Waals surface area contributed by atoms with Gasteiger partial charge in [-0.15, -0.1) is 0 Å². The first-order valence-corrected chi connectivity index (χ1v) is 9.54. The van der Waals surface area contributed by atoms with Gasteiger partial charge in [0.15, 0.2) is 0 Å². The van der Waals surface area contributed by atoms with Gasteiger partial charge in [0.2, 0.25) is 0 Å². The highest BCUT2D eigenvalue weighted by atomic mass is 16.4. The molecule has 1 aromatic heterocycles. The third-order valence-corrected chi connectivity index (χ3v) is 5.20. The van der Waals surface area contributed by atoms with Crippen LogP contribution in [0, 0.1) is 11.8 Å². The Labute approximate surface area is 159 Å². The van der Waals surface area contributed by atoms with Crippen LogP contribution < -0.4 is 0 Å². The number of carboxylic acid groups (broad SMARTS) is 1. The number of aliphatic carboxylic acids is 1. The van der Waals surface area contributed by atoms with Crippen molar-refractivity contribution in [3.05, 3.63) is 53.3 Å². The molecule has 3 rings (SSSR count). The number of carbonyl (C=O) groups is 2. The summed E-state index contributed by atoms with van der Waals surface area (Å²) < 4.78 is 1.90. The number of hydrogen-bond acceptors (Lipinski definition) is 3. The summed E-state index contributed by atoms with van der Waals surface area (Å²) in [7, 11) is 0. The molecule has 0 unspecified atom stereocenters. The van der Waals surface area contributed by atoms with E-state index >= 15 is 0 Å². The normalized spacial score (nSPS) is 19.6. The highest BCUT2D eigenvalue weighted by Gasteiger charge is 2.41. The lowest BCUT2D eigenvalue weighted by Crippen LogP contribution is -2.30. The van der Waals surface area contributed by atoms with Gasteiger partial charge in [-0.3, -0.25) is 14.3 Å². The molecule has 2 atom stereocenters. The highest BCUT2D eigenvalue weighted by molar-refractivity contribution is 5.96. The van der Waals surface area contributed by atoms with Gasteiger partial charge in [-0.25, -0.2) is 0 Å². The molecule has 1 amide bonds. The quantitative estimate of drug-likeness (QED) is 0.849. The predicted molar refractivity (Wildman–Crippen MR) is 103 cm³/mol. The first-order valence-electron chi connectivity index (χ1n) is 9.54. The molecule has 1 aliphatic heterocycles. The van der Waals surface area contributed by atoms with Crippen LogP contribution in [0.5, 0.6) is 0 Å². The first kappa shape index (κ1) is 19.1. The Kier molecular flexibility index (Phi) is 5.63. The maximum Gasteiger partial charge on any atom is 0.308 e. The van der Waals surface area contributed by atoms with Crippen molar-refractivity contribution in [1.82, 2.24) is 14.7 Å². The van der Waals surface area contributed by atoms with Gasteiger partial charge in [0, 0.05) is 25.6 Å². The number of carbonyl (C=O) groups excluding carboxylic acids is 1. The topological polar surface area (TPSA) is 75.4 Å². The van der Waals surface area contributed by atoms with Crippen LogP contribution in [0.15, 0.2) is 36.5 Å². The van der Waals surface area contributed by atoms with E-state index in [9.17, 15) is 14.7 Å². The second-order valence-electron chi connectivity index (χ2n) is 7.61. The Balaban J connectivity index is 1.86. The average Bonchev–Trinajstić information content (AvgIpc) is 3.25. The fourth-order valence-corrected chi connectivity index (χ4v) is 3.89. The minimum atomic E-state index is -0.856. The number of benzene rings is 1. The minimum absolute atomic E-state index is 0.119. The van der Waals surface area contributed by atoms with Crippen LogP contribution >= 0.6 is 0 Å². The van der Waals surface area contributed by atoms with Crippen molar-refractivity contribution in [2.24, 2.45) is 11.8 Å². The number of likely N-dealkylation sites (tertiary alicyclic amines) is 1. The third kappa shape index (κ3) is 3.89. The maximum absolute atomic E-state index is 13.2. The van der Waals surface area contributed by atoms with Crippen LogP contribution in [0.3, 0.4) is 0 Å². The summed E-state index contributed by atoms with van der Waals surface area (Å²) in [5, 5.41) is 14.1. The van der Waals surface area contributed by atoms with E-state index in [4.69, 9.17) is 0 Å². The second-order valence-corrected chi connectivity index (χ2v) is 7.61. The Bertz CT molecular complexity index is 813. The Morgan fingerprint density at radius 1 is 1.22 bits per heavy atom. The summed E-state index contributed by atoms with van der Waals surface area (Å²) in [5.41, 5.74) is 2.48. The molecule has 1 saturated heterocycles. The van der Waals surface area contributed by atoms with E-state index in [2.05, 4.69) is 18.9 Å². The highest BCUT2D eigenvalue weighted by Crippen LogP contribution is 2.34. The smallest absolute Gasteiger partial charge is 0.308 e. The number of aromatic nitrogens is 2. The SMILES string of the molecule is CCc1c(C(=O)N2C[C@H](C(=O)O)[C@H](c3ccccc3)C2)cnn1CC(C)C. The van der Waals surface area contributed by atoms with Crippen molar-refractivity contribution in [3.8, 4) is 0 Å². The molecule has 0 bridgehead atoms. The van der Waals surface area contributed by atoms with Crippen LogP contribution in [-0.2, 0) is 17.8 Å². The molecule has 6 heteroatoms. The van der Waals surface area contributed by atoms with Crippen LogP contribution in [0.25, 0.3) is 0 Å². The molecule has 2 aromatic rings. The number of carboxylic acids is 1. The predicted octanol–water partition coefficient (Wildman–Crippen LogP) is 3.04. The molecule has 0 spiro atoms. The zero-order chi connectivity index (χ0) is 19.6. The van der Waals surface area contributed by atoms with E-state index in [1.807, 2.05) is 41.9 Å². The van der Waals surface area contributed by atoms with E-state index in [0.717, 1.165) is 17.8 Å². The summed E-state index contributed by atoms with van der Waals surface area (Å²) in [6, 6.07) is 9.60. The molecule has 1 fully saturated rings. The van der Waals surface area contributed by atoms with Crippen molar-refractivity contribution >= 4 is 11.9 Å². The lowest BCUT2D eigenvalue weighted by atomic mass is 9.89. The van der Waals surface area contributed by atoms with Gasteiger partial charge >= 0.3 is 5.97 Å². The Morgan fingerprint density at radius 3 is 2.52 bits per heavy atom. The van der Waals surface area contributed by atoms with Gasteiger partial charge in [0.05, 0.1) is 23.4 Å². The molecule has 2 heterocycles. The molecule has 27 heavy (non-hydrogen) atoms. The van der Waals surface area contributed by atoms with Crippen molar-refractivity contribution in [3.63, 3.8) is 0 Å². The summed E-state index contributed by atoms with van der Waals surface area (Å²) in [6.07, 6.45) is 2.35. The van der Waals surface area contributed by atoms with Gasteiger partial charge in [0.1, 0.15) is 0 Å². The molecule has 144 valence electrons. The van der Waals surface area contributed by atoms with Crippen molar-refractivity contribution in [2.75, 3.05) is 13.1 Å². The third-order valence-electron chi connectivity index (χ3n) is 5.20. The van der Waals surface area contributed by atoms with Crippen molar-refractivity contribution < 1.29 is 14.7 Å². The van der Waals surface area contributed by atoms with Crippen molar-refractivity contribution in [2.45, 2.75) is 39.7 Å². The van der Waals surface area contributed by atoms with Gasteiger partial charge in [0.25, 0.3) is 5.91 Å². The van der Waals surface area contributed by atoms with E-state index in [0.29, 0.717) is 24.4 Å². The molecule has 0 saturated carbocycles. The Morgan fingerprint density at radius 2 is 1.93 bits per heavy atom. The van der Waals surface area contributed by atoms with Crippen LogP contribution in [0.1, 0.15) is 48.3 Å². The van der Waals surface area contributed by atoms with Crippen molar-refractivity contribution in [1.29, 1.82) is 0 Å². The number of hydrogen-bond donors (Lipinski definition) is 1. The average molecular weight is 369 g/mol. The fraction of sp³-hybridized carbons (Fsp3) is 0.476. The lowest BCUT2D eigenvalue weighted by Gasteiger charge is -2.17. The van der Waals surface area contributed by atoms with E-state index in [1.54, 1.807) is 11.1 Å². The van der Waals surface area contributed by atoms with E-state index in [-0.39, 0.29) is 18.4 Å². The van der Waals surface area contributed by atoms with E-state index in [1.165, 1.54) is 0 Å². The van der Waals surface area contributed by atoms with Crippen LogP contribution in [-0.4, -0.2) is 44.8 Å². The largest absolute Gasteiger partial charge is 0.481 e. The molecule has 1 N–H and O–H groups in total. The van der Waals surface area contributed by atoms with Gasteiger partial charge in [-0.2, -0.15) is 5.10 Å². The minimum Gasteiger partial charge on any atom is -0.481 e. The zero-order valence-corrected chi connectivity index (χ0v) is 16.1. The lowest BCUT2D eigenvalue weighted by molar-refractivity contribution is -0.141. The summed E-state index contributed by atoms with van der Waals surface area (Å²) in [6.45, 7) is 7.66. The van der Waals surface area contributed by atoms with Gasteiger partial charge in [-0.1, -0.05) is 51.1 Å². The number of rotatable bonds is 6. The zero-order valence-electron chi connectivity index (χ0n) is 16.1. The fourth-order valence-electron chi connectivity index (χ4n) is 3.89. The summed E-state index contributed by atoms with van der Waals surface area (Å²) >= 11 is 0. The monoisotopic (exact) mass is 369 g/mol. The van der Waals surface area contributed by atoms with Gasteiger partial charge in [-0.05, 0) is 17.9 Å². The molecule has 1 aliphatic rings.